The van der Waals surface area contributed by atoms with Gasteiger partial charge in [0, 0.05) is 11.8 Å². The molecule has 0 aliphatic heterocycles. The fourth-order valence-electron chi connectivity index (χ4n) is 1.43. The Labute approximate surface area is 112 Å². The monoisotopic (exact) mass is 277 g/mol. The average molecular weight is 278 g/mol. The summed E-state index contributed by atoms with van der Waals surface area (Å²) in [6.07, 6.45) is 1.98. The molecule has 0 aliphatic rings. The van der Waals surface area contributed by atoms with Crippen LogP contribution in [0.2, 0.25) is 10.0 Å². The lowest BCUT2D eigenvalue weighted by Crippen LogP contribution is -2.25. The van der Waals surface area contributed by atoms with Crippen LogP contribution in [0.5, 0.6) is 0 Å². The van der Waals surface area contributed by atoms with E-state index in [-0.39, 0.29) is 6.04 Å². The Hall–Kier alpha value is 0.110. The highest BCUT2D eigenvalue weighted by molar-refractivity contribution is 7.99. The molecule has 1 unspecified atom stereocenters. The summed E-state index contributed by atoms with van der Waals surface area (Å²) in [6, 6.07) is 5.84. The third kappa shape index (κ3) is 4.54. The molecule has 1 aromatic rings. The van der Waals surface area contributed by atoms with Gasteiger partial charge in [-0.15, -0.1) is 0 Å². The first-order valence-electron chi connectivity index (χ1n) is 5.41. The van der Waals surface area contributed by atoms with Crippen molar-refractivity contribution in [2.75, 3.05) is 11.5 Å². The minimum Gasteiger partial charge on any atom is -0.327 e. The Morgan fingerprint density at radius 3 is 2.81 bits per heavy atom. The van der Waals surface area contributed by atoms with Crippen molar-refractivity contribution in [1.29, 1.82) is 0 Å². The Kier molecular flexibility index (Phi) is 6.59. The number of benzene rings is 1. The van der Waals surface area contributed by atoms with Gasteiger partial charge in [-0.1, -0.05) is 42.3 Å². The van der Waals surface area contributed by atoms with Crippen molar-refractivity contribution in [3.63, 3.8) is 0 Å². The summed E-state index contributed by atoms with van der Waals surface area (Å²) < 4.78 is 0. The highest BCUT2D eigenvalue weighted by atomic mass is 35.5. The molecule has 1 atom stereocenters. The van der Waals surface area contributed by atoms with Gasteiger partial charge in [0.2, 0.25) is 0 Å². The predicted octanol–water partition coefficient (Wildman–Crippen LogP) is 4.01. The third-order valence-corrected chi connectivity index (χ3v) is 4.41. The van der Waals surface area contributed by atoms with Crippen LogP contribution in [-0.4, -0.2) is 17.5 Å². The van der Waals surface area contributed by atoms with Gasteiger partial charge in [-0.3, -0.25) is 0 Å². The minimum absolute atomic E-state index is 0.146. The molecule has 0 fully saturated rings. The maximum atomic E-state index is 6.10. The van der Waals surface area contributed by atoms with Crippen molar-refractivity contribution in [2.45, 2.75) is 25.8 Å². The minimum atomic E-state index is 0.146. The zero-order valence-corrected chi connectivity index (χ0v) is 11.7. The number of rotatable bonds is 6. The molecule has 1 nitrogen and oxygen atoms in total. The largest absolute Gasteiger partial charge is 0.327 e. The summed E-state index contributed by atoms with van der Waals surface area (Å²) in [5, 5.41) is 1.24. The molecule has 0 saturated carbocycles. The molecule has 0 heterocycles. The molecule has 0 amide bonds. The van der Waals surface area contributed by atoms with Crippen molar-refractivity contribution in [2.24, 2.45) is 5.73 Å². The van der Waals surface area contributed by atoms with Crippen LogP contribution in [0.1, 0.15) is 18.9 Å². The fourth-order valence-corrected chi connectivity index (χ4v) is 2.70. The first-order chi connectivity index (χ1) is 7.65. The van der Waals surface area contributed by atoms with Gasteiger partial charge in [0.25, 0.3) is 0 Å². The van der Waals surface area contributed by atoms with Gasteiger partial charge in [-0.25, -0.2) is 0 Å². The number of nitrogens with two attached hydrogens (primary N) is 1. The molecule has 2 N–H and O–H groups in total. The predicted molar refractivity (Wildman–Crippen MR) is 75.8 cm³/mol. The zero-order valence-electron chi connectivity index (χ0n) is 9.38. The molecular formula is C12H17Cl2NS. The van der Waals surface area contributed by atoms with E-state index < -0.39 is 0 Å². The molecule has 4 heteroatoms. The number of halogens is 2. The number of hydrogen-bond acceptors (Lipinski definition) is 2. The van der Waals surface area contributed by atoms with Crippen molar-refractivity contribution in [3.8, 4) is 0 Å². The number of thioether (sulfide) groups is 1. The van der Waals surface area contributed by atoms with Crippen LogP contribution in [0.4, 0.5) is 0 Å². The van der Waals surface area contributed by atoms with Crippen molar-refractivity contribution >= 4 is 35.0 Å². The maximum absolute atomic E-state index is 6.10. The summed E-state index contributed by atoms with van der Waals surface area (Å²) in [5.74, 6) is 2.13. The van der Waals surface area contributed by atoms with E-state index in [1.54, 1.807) is 6.07 Å². The van der Waals surface area contributed by atoms with Gasteiger partial charge >= 0.3 is 0 Å². The third-order valence-electron chi connectivity index (χ3n) is 2.19. The summed E-state index contributed by atoms with van der Waals surface area (Å²) in [6.45, 7) is 2.17. The van der Waals surface area contributed by atoms with Gasteiger partial charge in [0.1, 0.15) is 0 Å². The fraction of sp³-hybridized carbons (Fsp3) is 0.500. The Morgan fingerprint density at radius 2 is 2.12 bits per heavy atom. The van der Waals surface area contributed by atoms with E-state index in [1.807, 2.05) is 23.9 Å². The topological polar surface area (TPSA) is 26.0 Å². The van der Waals surface area contributed by atoms with E-state index in [1.165, 1.54) is 6.42 Å². The zero-order chi connectivity index (χ0) is 12.0. The molecule has 0 aromatic heterocycles. The highest BCUT2D eigenvalue weighted by Crippen LogP contribution is 2.26. The standard InChI is InChI=1S/C12H17Cl2NS/c1-2-6-16-8-10(15)7-9-4-3-5-11(13)12(9)14/h3-5,10H,2,6-8,15H2,1H3. The second-order valence-corrected chi connectivity index (χ2v) is 5.69. The van der Waals surface area contributed by atoms with Crippen molar-refractivity contribution in [3.05, 3.63) is 33.8 Å². The van der Waals surface area contributed by atoms with E-state index in [0.29, 0.717) is 10.0 Å². The van der Waals surface area contributed by atoms with Crippen LogP contribution < -0.4 is 5.73 Å². The van der Waals surface area contributed by atoms with E-state index in [2.05, 4.69) is 6.92 Å². The second kappa shape index (κ2) is 7.44. The van der Waals surface area contributed by atoms with Crippen molar-refractivity contribution < 1.29 is 0 Å². The number of hydrogen-bond donors (Lipinski definition) is 1. The van der Waals surface area contributed by atoms with E-state index in [0.717, 1.165) is 23.5 Å². The molecule has 0 aliphatic carbocycles. The molecule has 0 saturated heterocycles. The van der Waals surface area contributed by atoms with Gasteiger partial charge in [0.15, 0.2) is 0 Å². The molecule has 1 aromatic carbocycles. The van der Waals surface area contributed by atoms with Crippen LogP contribution in [0.15, 0.2) is 18.2 Å². The van der Waals surface area contributed by atoms with Gasteiger partial charge < -0.3 is 5.73 Å². The molecule has 0 spiro atoms. The molecule has 0 radical (unpaired) electrons. The van der Waals surface area contributed by atoms with Crippen LogP contribution in [0, 0.1) is 0 Å². The highest BCUT2D eigenvalue weighted by Gasteiger charge is 2.09. The van der Waals surface area contributed by atoms with E-state index in [4.69, 9.17) is 28.9 Å². The SMILES string of the molecule is CCCSCC(N)Cc1cccc(Cl)c1Cl. The van der Waals surface area contributed by atoms with Crippen LogP contribution in [0.25, 0.3) is 0 Å². The summed E-state index contributed by atoms with van der Waals surface area (Å²) in [4.78, 5) is 0. The maximum Gasteiger partial charge on any atom is 0.0624 e. The quantitative estimate of drug-likeness (QED) is 0.796. The first kappa shape index (κ1) is 14.2. The van der Waals surface area contributed by atoms with E-state index in [9.17, 15) is 0 Å². The lowest BCUT2D eigenvalue weighted by atomic mass is 10.1. The van der Waals surface area contributed by atoms with Crippen LogP contribution >= 0.6 is 35.0 Å². The normalized spacial score (nSPS) is 12.8. The van der Waals surface area contributed by atoms with Crippen molar-refractivity contribution in [1.82, 2.24) is 0 Å². The van der Waals surface area contributed by atoms with Gasteiger partial charge in [0.05, 0.1) is 10.0 Å². The van der Waals surface area contributed by atoms with Gasteiger partial charge in [-0.05, 0) is 30.2 Å². The Balaban J connectivity index is 2.49. The molecule has 0 bridgehead atoms. The van der Waals surface area contributed by atoms with Crippen LogP contribution in [-0.2, 0) is 6.42 Å². The first-order valence-corrected chi connectivity index (χ1v) is 7.32. The van der Waals surface area contributed by atoms with Crippen LogP contribution in [0.3, 0.4) is 0 Å². The molecule has 16 heavy (non-hydrogen) atoms. The second-order valence-electron chi connectivity index (χ2n) is 3.75. The molecular weight excluding hydrogens is 261 g/mol. The molecule has 90 valence electrons. The lowest BCUT2D eigenvalue weighted by Gasteiger charge is -2.12. The Bertz CT molecular complexity index is 331. The average Bonchev–Trinajstić information content (AvgIpc) is 2.25. The smallest absolute Gasteiger partial charge is 0.0624 e. The Morgan fingerprint density at radius 1 is 1.38 bits per heavy atom. The van der Waals surface area contributed by atoms with E-state index >= 15 is 0 Å². The molecule has 1 rings (SSSR count). The lowest BCUT2D eigenvalue weighted by molar-refractivity contribution is 0.748. The summed E-state index contributed by atoms with van der Waals surface area (Å²) in [7, 11) is 0. The summed E-state index contributed by atoms with van der Waals surface area (Å²) in [5.41, 5.74) is 7.08. The summed E-state index contributed by atoms with van der Waals surface area (Å²) >= 11 is 13.9. The van der Waals surface area contributed by atoms with Gasteiger partial charge in [-0.2, -0.15) is 11.8 Å².